The fourth-order valence-electron chi connectivity index (χ4n) is 2.36. The van der Waals surface area contributed by atoms with Crippen molar-refractivity contribution in [1.82, 2.24) is 9.80 Å². The zero-order valence-corrected chi connectivity index (χ0v) is 11.4. The predicted octanol–water partition coefficient (Wildman–Crippen LogP) is 2.58. The Balaban J connectivity index is 2.70. The summed E-state index contributed by atoms with van der Waals surface area (Å²) in [5.74, 6) is 1.16. The van der Waals surface area contributed by atoms with E-state index in [0.717, 1.165) is 19.0 Å². The zero-order chi connectivity index (χ0) is 12.0. The van der Waals surface area contributed by atoms with E-state index < -0.39 is 0 Å². The molecule has 0 N–H and O–H groups in total. The molecule has 1 aliphatic rings. The Bertz CT molecular complexity index is 213. The summed E-state index contributed by atoms with van der Waals surface area (Å²) >= 11 is 0. The smallest absolute Gasteiger partial charge is 0.196 e. The summed E-state index contributed by atoms with van der Waals surface area (Å²) in [6.07, 6.45) is 6.66. The van der Waals surface area contributed by atoms with Gasteiger partial charge in [-0.2, -0.15) is 0 Å². The molecule has 3 heteroatoms. The van der Waals surface area contributed by atoms with Gasteiger partial charge in [0.1, 0.15) is 0 Å². The van der Waals surface area contributed by atoms with Crippen molar-refractivity contribution in [2.45, 2.75) is 52.0 Å². The lowest BCUT2D eigenvalue weighted by atomic mass is 9.96. The Morgan fingerprint density at radius 2 is 1.62 bits per heavy atom. The van der Waals surface area contributed by atoms with Gasteiger partial charge < -0.3 is 9.80 Å². The summed E-state index contributed by atoms with van der Waals surface area (Å²) in [5.41, 5.74) is 0. The van der Waals surface area contributed by atoms with Gasteiger partial charge in [0.15, 0.2) is 5.96 Å². The number of aliphatic imine (C=N–C) groups is 1. The minimum absolute atomic E-state index is 0.562. The van der Waals surface area contributed by atoms with Crippen molar-refractivity contribution in [3.05, 3.63) is 0 Å². The van der Waals surface area contributed by atoms with Gasteiger partial charge in [-0.1, -0.05) is 19.3 Å². The minimum atomic E-state index is 0.562. The zero-order valence-electron chi connectivity index (χ0n) is 11.4. The van der Waals surface area contributed by atoms with E-state index in [1.807, 2.05) is 0 Å². The van der Waals surface area contributed by atoms with Gasteiger partial charge in [-0.25, -0.2) is 4.99 Å². The molecule has 0 aromatic heterocycles. The summed E-state index contributed by atoms with van der Waals surface area (Å²) in [6, 6.07) is 0.562. The largest absolute Gasteiger partial charge is 0.349 e. The van der Waals surface area contributed by atoms with Crippen molar-refractivity contribution in [2.24, 2.45) is 4.99 Å². The highest BCUT2D eigenvalue weighted by Gasteiger charge is 2.16. The van der Waals surface area contributed by atoms with E-state index in [-0.39, 0.29) is 0 Å². The summed E-state index contributed by atoms with van der Waals surface area (Å²) in [4.78, 5) is 9.44. The lowest BCUT2D eigenvalue weighted by Crippen LogP contribution is -2.41. The molecule has 3 nitrogen and oxygen atoms in total. The first kappa shape index (κ1) is 13.3. The highest BCUT2D eigenvalue weighted by molar-refractivity contribution is 5.79. The molecule has 0 amide bonds. The lowest BCUT2D eigenvalue weighted by molar-refractivity contribution is 0.376. The average molecular weight is 225 g/mol. The molecule has 0 atom stereocenters. The quantitative estimate of drug-likeness (QED) is 0.543. The monoisotopic (exact) mass is 225 g/mol. The number of hydrogen-bond donors (Lipinski definition) is 0. The summed E-state index contributed by atoms with van der Waals surface area (Å²) in [5, 5.41) is 0. The van der Waals surface area contributed by atoms with Gasteiger partial charge >= 0.3 is 0 Å². The van der Waals surface area contributed by atoms with Crippen LogP contribution in [0, 0.1) is 0 Å². The molecule has 0 saturated heterocycles. The molecule has 0 spiro atoms. The van der Waals surface area contributed by atoms with Crippen molar-refractivity contribution in [1.29, 1.82) is 0 Å². The minimum Gasteiger partial charge on any atom is -0.349 e. The number of nitrogens with zero attached hydrogens (tertiary/aromatic N) is 3. The molecule has 0 aromatic rings. The normalized spacial score (nSPS) is 18.6. The van der Waals surface area contributed by atoms with Crippen molar-refractivity contribution >= 4 is 5.96 Å². The molecule has 0 aromatic carbocycles. The molecule has 0 bridgehead atoms. The van der Waals surface area contributed by atoms with Crippen LogP contribution in [0.3, 0.4) is 0 Å². The Morgan fingerprint density at radius 3 is 2.06 bits per heavy atom. The second-order valence-electron chi connectivity index (χ2n) is 4.79. The fraction of sp³-hybridized carbons (Fsp3) is 0.923. The molecule has 94 valence electrons. The van der Waals surface area contributed by atoms with Crippen LogP contribution in [0.5, 0.6) is 0 Å². The van der Waals surface area contributed by atoms with Crippen molar-refractivity contribution < 1.29 is 0 Å². The van der Waals surface area contributed by atoms with Crippen LogP contribution < -0.4 is 0 Å². The molecule has 0 heterocycles. The second kappa shape index (κ2) is 6.77. The maximum absolute atomic E-state index is 4.95. The van der Waals surface area contributed by atoms with E-state index in [1.165, 1.54) is 32.1 Å². The number of hydrogen-bond acceptors (Lipinski definition) is 1. The molecule has 1 aliphatic carbocycles. The highest BCUT2D eigenvalue weighted by atomic mass is 15.4. The third-order valence-electron chi connectivity index (χ3n) is 3.32. The molecule has 1 saturated carbocycles. The third-order valence-corrected chi connectivity index (χ3v) is 3.32. The second-order valence-corrected chi connectivity index (χ2v) is 4.79. The standard InChI is InChI=1S/C13H27N3/c1-5-16(6-2)13(15(3)4)14-12-10-8-7-9-11-12/h12H,5-11H2,1-4H3. The molecule has 1 fully saturated rings. The Hall–Kier alpha value is -0.730. The van der Waals surface area contributed by atoms with Crippen LogP contribution >= 0.6 is 0 Å². The number of guanidine groups is 1. The molecular formula is C13H27N3. The maximum Gasteiger partial charge on any atom is 0.196 e. The van der Waals surface area contributed by atoms with Gasteiger partial charge in [-0.15, -0.1) is 0 Å². The van der Waals surface area contributed by atoms with E-state index in [1.54, 1.807) is 0 Å². The van der Waals surface area contributed by atoms with Crippen molar-refractivity contribution in [3.63, 3.8) is 0 Å². The van der Waals surface area contributed by atoms with Gasteiger partial charge in [-0.05, 0) is 26.7 Å². The van der Waals surface area contributed by atoms with Gasteiger partial charge in [0.25, 0.3) is 0 Å². The summed E-state index contributed by atoms with van der Waals surface area (Å²) < 4.78 is 0. The van der Waals surface area contributed by atoms with Crippen LogP contribution in [0.15, 0.2) is 4.99 Å². The van der Waals surface area contributed by atoms with Crippen molar-refractivity contribution in [3.8, 4) is 0 Å². The SMILES string of the molecule is CCN(CC)C(=NC1CCCCC1)N(C)C. The van der Waals surface area contributed by atoms with E-state index in [4.69, 9.17) is 4.99 Å². The predicted molar refractivity (Wildman–Crippen MR) is 70.9 cm³/mol. The van der Waals surface area contributed by atoms with E-state index >= 15 is 0 Å². The highest BCUT2D eigenvalue weighted by Crippen LogP contribution is 2.20. The topological polar surface area (TPSA) is 18.8 Å². The van der Waals surface area contributed by atoms with E-state index in [9.17, 15) is 0 Å². The van der Waals surface area contributed by atoms with Crippen LogP contribution in [0.4, 0.5) is 0 Å². The Morgan fingerprint density at radius 1 is 1.06 bits per heavy atom. The Kier molecular flexibility index (Phi) is 5.64. The van der Waals surface area contributed by atoms with Crippen LogP contribution in [-0.4, -0.2) is 49.0 Å². The first-order valence-electron chi connectivity index (χ1n) is 6.69. The maximum atomic E-state index is 4.95. The van der Waals surface area contributed by atoms with Crippen LogP contribution in [-0.2, 0) is 0 Å². The third kappa shape index (κ3) is 3.69. The van der Waals surface area contributed by atoms with Crippen LogP contribution in [0.25, 0.3) is 0 Å². The van der Waals surface area contributed by atoms with Gasteiger partial charge in [-0.3, -0.25) is 0 Å². The molecular weight excluding hydrogens is 198 g/mol. The molecule has 0 aliphatic heterocycles. The first-order chi connectivity index (χ1) is 7.69. The van der Waals surface area contributed by atoms with E-state index in [0.29, 0.717) is 6.04 Å². The fourth-order valence-corrected chi connectivity index (χ4v) is 2.36. The van der Waals surface area contributed by atoms with E-state index in [2.05, 4.69) is 37.7 Å². The molecule has 16 heavy (non-hydrogen) atoms. The first-order valence-corrected chi connectivity index (χ1v) is 6.69. The molecule has 0 unspecified atom stereocenters. The van der Waals surface area contributed by atoms with Crippen LogP contribution in [0.1, 0.15) is 46.0 Å². The number of rotatable bonds is 3. The molecule has 1 rings (SSSR count). The van der Waals surface area contributed by atoms with Crippen molar-refractivity contribution in [2.75, 3.05) is 27.2 Å². The van der Waals surface area contributed by atoms with Gasteiger partial charge in [0.05, 0.1) is 6.04 Å². The van der Waals surface area contributed by atoms with Gasteiger partial charge in [0, 0.05) is 27.2 Å². The summed E-state index contributed by atoms with van der Waals surface area (Å²) in [7, 11) is 4.19. The van der Waals surface area contributed by atoms with Crippen LogP contribution in [0.2, 0.25) is 0 Å². The average Bonchev–Trinajstić information content (AvgIpc) is 2.30. The molecule has 0 radical (unpaired) electrons. The lowest BCUT2D eigenvalue weighted by Gasteiger charge is -2.30. The Labute approximate surface area is 101 Å². The van der Waals surface area contributed by atoms with Gasteiger partial charge in [0.2, 0.25) is 0 Å². The summed E-state index contributed by atoms with van der Waals surface area (Å²) in [6.45, 7) is 6.48.